The van der Waals surface area contributed by atoms with Gasteiger partial charge in [-0.2, -0.15) is 0 Å². The van der Waals surface area contributed by atoms with Crippen LogP contribution in [0.5, 0.6) is 0 Å². The molecule has 0 aliphatic rings. The molecule has 0 aliphatic carbocycles. The molecule has 0 saturated carbocycles. The van der Waals surface area contributed by atoms with Gasteiger partial charge in [-0.05, 0) is 13.3 Å². The molecule has 0 rings (SSSR count). The Morgan fingerprint density at radius 2 is 1.12 bits per heavy atom. The van der Waals surface area contributed by atoms with Crippen molar-refractivity contribution in [2.75, 3.05) is 0 Å². The lowest BCUT2D eigenvalue weighted by Crippen LogP contribution is -2.35. The molecule has 24 heavy (non-hydrogen) atoms. The van der Waals surface area contributed by atoms with Crippen molar-refractivity contribution in [3.8, 4) is 0 Å². The second kappa shape index (κ2) is 16.3. The highest BCUT2D eigenvalue weighted by atomic mass is 32.1. The zero-order valence-electron chi connectivity index (χ0n) is 16.2. The molecule has 1 unspecified atom stereocenters. The molecule has 0 bridgehead atoms. The van der Waals surface area contributed by atoms with Gasteiger partial charge < -0.3 is 4.74 Å². The largest absolute Gasteiger partial charge is 0.435 e. The highest BCUT2D eigenvalue weighted by molar-refractivity contribution is 7.81. The molecule has 2 N–H and O–H groups in total. The van der Waals surface area contributed by atoms with E-state index >= 15 is 0 Å². The van der Waals surface area contributed by atoms with E-state index in [2.05, 4.69) is 19.6 Å². The molecule has 0 aliphatic heterocycles. The summed E-state index contributed by atoms with van der Waals surface area (Å²) in [6.07, 6.45) is 20.3. The van der Waals surface area contributed by atoms with Crippen molar-refractivity contribution < 1.29 is 9.53 Å². The molecule has 4 heteroatoms. The Bertz CT molecular complexity index is 290. The maximum Gasteiger partial charge on any atom is 0.308 e. The summed E-state index contributed by atoms with van der Waals surface area (Å²) in [5.41, 5.74) is 5.51. The summed E-state index contributed by atoms with van der Waals surface area (Å²) in [7, 11) is 0. The average molecular weight is 360 g/mol. The minimum absolute atomic E-state index is 0.246. The quantitative estimate of drug-likeness (QED) is 0.138. The van der Waals surface area contributed by atoms with Gasteiger partial charge in [0.1, 0.15) is 0 Å². The Labute approximate surface area is 155 Å². The minimum Gasteiger partial charge on any atom is -0.435 e. The van der Waals surface area contributed by atoms with E-state index < -0.39 is 5.06 Å². The fourth-order valence-electron chi connectivity index (χ4n) is 2.92. The summed E-state index contributed by atoms with van der Waals surface area (Å²) in [4.78, 5) is 11.4. The van der Waals surface area contributed by atoms with Gasteiger partial charge in [0, 0.05) is 6.42 Å². The molecule has 0 spiro atoms. The van der Waals surface area contributed by atoms with E-state index in [0.717, 1.165) is 12.8 Å². The van der Waals surface area contributed by atoms with Crippen LogP contribution in [0.1, 0.15) is 117 Å². The predicted octanol–water partition coefficient (Wildman–Crippen LogP) is 6.35. The van der Waals surface area contributed by atoms with E-state index in [0.29, 0.717) is 6.42 Å². The molecule has 0 aromatic rings. The first kappa shape index (κ1) is 23.8. The molecule has 1 atom stereocenters. The summed E-state index contributed by atoms with van der Waals surface area (Å²) in [5, 5.41) is -1.15. The van der Waals surface area contributed by atoms with Gasteiger partial charge >= 0.3 is 5.97 Å². The Kier molecular flexibility index (Phi) is 16.1. The van der Waals surface area contributed by atoms with Crippen LogP contribution in [-0.2, 0) is 9.53 Å². The van der Waals surface area contributed by atoms with Crippen LogP contribution in [0.25, 0.3) is 0 Å². The molecule has 0 aromatic heterocycles. The highest BCUT2D eigenvalue weighted by Gasteiger charge is 2.16. The lowest BCUT2D eigenvalue weighted by Gasteiger charge is -2.17. The van der Waals surface area contributed by atoms with Gasteiger partial charge in [-0.3, -0.25) is 10.5 Å². The molecular formula is C20H41NO2S. The van der Waals surface area contributed by atoms with E-state index in [-0.39, 0.29) is 5.97 Å². The van der Waals surface area contributed by atoms with Gasteiger partial charge in [-0.25, -0.2) is 0 Å². The summed E-state index contributed by atoms with van der Waals surface area (Å²) >= 11 is 3.98. The Balaban J connectivity index is 3.14. The number of thiol groups is 1. The molecule has 0 amide bonds. The monoisotopic (exact) mass is 359 g/mol. The Hall–Kier alpha value is -0.220. The van der Waals surface area contributed by atoms with E-state index in [1.165, 1.54) is 83.5 Å². The van der Waals surface area contributed by atoms with Gasteiger partial charge in [0.25, 0.3) is 0 Å². The van der Waals surface area contributed by atoms with Crippen LogP contribution >= 0.6 is 12.6 Å². The molecule has 144 valence electrons. The summed E-state index contributed by atoms with van der Waals surface area (Å²) in [5.74, 6) is -0.246. The van der Waals surface area contributed by atoms with Crippen molar-refractivity contribution in [1.82, 2.24) is 0 Å². The third-order valence-corrected chi connectivity index (χ3v) is 4.40. The van der Waals surface area contributed by atoms with E-state index in [1.54, 1.807) is 6.92 Å². The zero-order chi connectivity index (χ0) is 18.1. The molecule has 0 saturated heterocycles. The van der Waals surface area contributed by atoms with E-state index in [4.69, 9.17) is 10.5 Å². The molecule has 0 aromatic carbocycles. The predicted molar refractivity (Wildman–Crippen MR) is 107 cm³/mol. The molecular weight excluding hydrogens is 318 g/mol. The lowest BCUT2D eigenvalue weighted by atomic mass is 10.0. The Morgan fingerprint density at radius 1 is 0.792 bits per heavy atom. The maximum absolute atomic E-state index is 11.4. The highest BCUT2D eigenvalue weighted by Crippen LogP contribution is 2.14. The number of hydrogen-bond acceptors (Lipinski definition) is 4. The second-order valence-corrected chi connectivity index (χ2v) is 8.12. The summed E-state index contributed by atoms with van der Waals surface area (Å²) in [6, 6.07) is 0. The number of carbonyl (C=O) groups excluding carboxylic acids is 1. The minimum atomic E-state index is -1.15. The first-order valence-corrected chi connectivity index (χ1v) is 10.6. The Morgan fingerprint density at radius 3 is 1.46 bits per heavy atom. The van der Waals surface area contributed by atoms with Crippen LogP contribution in [0.2, 0.25) is 0 Å². The van der Waals surface area contributed by atoms with Gasteiger partial charge in [-0.1, -0.05) is 96.8 Å². The van der Waals surface area contributed by atoms with Crippen molar-refractivity contribution in [3.63, 3.8) is 0 Å². The standard InChI is InChI=1S/C20H41NO2S/c1-3-4-5-6-7-8-9-10-11-12-13-14-15-16-17-18-19(22)23-20(2,21)24/h24H,3-18,21H2,1-2H3. The van der Waals surface area contributed by atoms with Crippen molar-refractivity contribution in [2.45, 2.75) is 122 Å². The molecule has 0 fully saturated rings. The van der Waals surface area contributed by atoms with Crippen LogP contribution in [0.15, 0.2) is 0 Å². The van der Waals surface area contributed by atoms with Crippen LogP contribution in [0.4, 0.5) is 0 Å². The van der Waals surface area contributed by atoms with Crippen LogP contribution in [0.3, 0.4) is 0 Å². The third kappa shape index (κ3) is 19.8. The fourth-order valence-corrected chi connectivity index (χ4v) is 3.02. The smallest absolute Gasteiger partial charge is 0.308 e. The number of rotatable bonds is 17. The van der Waals surface area contributed by atoms with E-state index in [1.807, 2.05) is 0 Å². The first-order valence-electron chi connectivity index (χ1n) is 10.2. The summed E-state index contributed by atoms with van der Waals surface area (Å²) < 4.78 is 4.96. The van der Waals surface area contributed by atoms with Gasteiger partial charge in [0.05, 0.1) is 0 Å². The van der Waals surface area contributed by atoms with Crippen LogP contribution in [0, 0.1) is 0 Å². The number of ether oxygens (including phenoxy) is 1. The van der Waals surface area contributed by atoms with Crippen LogP contribution in [-0.4, -0.2) is 11.0 Å². The third-order valence-electron chi connectivity index (χ3n) is 4.30. The normalized spacial score (nSPS) is 13.7. The fraction of sp³-hybridized carbons (Fsp3) is 0.950. The first-order chi connectivity index (χ1) is 11.5. The van der Waals surface area contributed by atoms with Crippen LogP contribution < -0.4 is 5.73 Å². The molecule has 0 heterocycles. The lowest BCUT2D eigenvalue weighted by molar-refractivity contribution is -0.150. The summed E-state index contributed by atoms with van der Waals surface area (Å²) in [6.45, 7) is 3.84. The number of nitrogens with two attached hydrogens (primary N) is 1. The number of carbonyl (C=O) groups is 1. The molecule has 0 radical (unpaired) electrons. The van der Waals surface area contributed by atoms with Crippen molar-refractivity contribution in [1.29, 1.82) is 0 Å². The van der Waals surface area contributed by atoms with Crippen molar-refractivity contribution in [2.24, 2.45) is 5.73 Å². The van der Waals surface area contributed by atoms with Gasteiger partial charge in [0.15, 0.2) is 0 Å². The van der Waals surface area contributed by atoms with Gasteiger partial charge in [0.2, 0.25) is 5.06 Å². The van der Waals surface area contributed by atoms with Gasteiger partial charge in [-0.15, -0.1) is 12.6 Å². The molecule has 3 nitrogen and oxygen atoms in total. The zero-order valence-corrected chi connectivity index (χ0v) is 17.0. The SMILES string of the molecule is CCCCCCCCCCCCCCCCCC(=O)OC(C)(N)S. The van der Waals surface area contributed by atoms with Crippen molar-refractivity contribution in [3.05, 3.63) is 0 Å². The second-order valence-electron chi connectivity index (χ2n) is 7.23. The van der Waals surface area contributed by atoms with E-state index in [9.17, 15) is 4.79 Å². The van der Waals surface area contributed by atoms with Crippen molar-refractivity contribution >= 4 is 18.6 Å². The number of unbranched alkanes of at least 4 members (excludes halogenated alkanes) is 14. The topological polar surface area (TPSA) is 52.3 Å². The average Bonchev–Trinajstić information content (AvgIpc) is 2.49. The number of esters is 1. The maximum atomic E-state index is 11.4. The number of hydrogen-bond donors (Lipinski definition) is 2.